The average Bonchev–Trinajstić information content (AvgIpc) is 2.77. The minimum absolute atomic E-state index is 0.208. The van der Waals surface area contributed by atoms with Crippen molar-refractivity contribution in [3.8, 4) is 0 Å². The van der Waals surface area contributed by atoms with Crippen molar-refractivity contribution in [1.82, 2.24) is 5.32 Å². The first-order valence-corrected chi connectivity index (χ1v) is 9.90. The van der Waals surface area contributed by atoms with Crippen LogP contribution in [0.25, 0.3) is 0 Å². The van der Waals surface area contributed by atoms with Crippen LogP contribution in [0.15, 0.2) is 96.2 Å². The Kier molecular flexibility index (Phi) is 5.83. The predicted molar refractivity (Wildman–Crippen MR) is 114 cm³/mol. The smallest absolute Gasteiger partial charge is 0.142 e. The Hall–Kier alpha value is -2.91. The molecule has 1 N–H and O–H groups in total. The van der Waals surface area contributed by atoms with Crippen LogP contribution < -0.4 is 5.32 Å². The highest BCUT2D eigenvalue weighted by molar-refractivity contribution is 5.88. The molecule has 3 nitrogen and oxygen atoms in total. The molecule has 4 rings (SSSR count). The zero-order valence-electron chi connectivity index (χ0n) is 16.2. The summed E-state index contributed by atoms with van der Waals surface area (Å²) in [5.74, 6) is 0.262. The monoisotopic (exact) mass is 370 g/mol. The summed E-state index contributed by atoms with van der Waals surface area (Å²) < 4.78 is 0. The van der Waals surface area contributed by atoms with Crippen molar-refractivity contribution in [2.45, 2.75) is 32.0 Å². The molecular formula is C25H26N2O. The van der Waals surface area contributed by atoms with Gasteiger partial charge < -0.3 is 10.2 Å². The van der Waals surface area contributed by atoms with E-state index < -0.39 is 0 Å². The normalized spacial score (nSPS) is 23.5. The summed E-state index contributed by atoms with van der Waals surface area (Å²) in [6.45, 7) is 2.73. The molecule has 1 saturated heterocycles. The summed E-state index contributed by atoms with van der Waals surface area (Å²) in [7, 11) is 0. The topological polar surface area (TPSA) is 33.6 Å². The zero-order valence-corrected chi connectivity index (χ0v) is 16.2. The van der Waals surface area contributed by atoms with E-state index in [0.29, 0.717) is 6.61 Å². The summed E-state index contributed by atoms with van der Waals surface area (Å²) in [4.78, 5) is 5.76. The number of nitrogens with zero attached hydrogens (tertiary/aromatic N) is 1. The average molecular weight is 370 g/mol. The fourth-order valence-electron chi connectivity index (χ4n) is 3.84. The maximum Gasteiger partial charge on any atom is 0.142 e. The Morgan fingerprint density at radius 2 is 1.39 bits per heavy atom. The number of hydrogen-bond donors (Lipinski definition) is 1. The van der Waals surface area contributed by atoms with Crippen LogP contribution in [0.2, 0.25) is 0 Å². The lowest BCUT2D eigenvalue weighted by Gasteiger charge is -2.37. The Labute approximate surface area is 167 Å². The lowest BCUT2D eigenvalue weighted by atomic mass is 9.81. The highest BCUT2D eigenvalue weighted by Gasteiger charge is 2.33. The molecule has 0 aromatic heterocycles. The largest absolute Gasteiger partial charge is 0.391 e. The first-order valence-electron chi connectivity index (χ1n) is 9.90. The molecule has 0 amide bonds. The highest BCUT2D eigenvalue weighted by atomic mass is 16.6. The first-order chi connectivity index (χ1) is 13.8. The van der Waals surface area contributed by atoms with Gasteiger partial charge in [0.05, 0.1) is 5.71 Å². The van der Waals surface area contributed by atoms with Crippen molar-refractivity contribution < 1.29 is 4.84 Å². The summed E-state index contributed by atoms with van der Waals surface area (Å²) in [6, 6.07) is 31.8. The minimum Gasteiger partial charge on any atom is -0.391 e. The molecule has 3 heteroatoms. The molecule has 1 aliphatic rings. The SMILES string of the molecule is CC1/C(=N/OCc2ccccc2)CC(c2ccccc2)NC1c1ccccc1. The molecule has 3 atom stereocenters. The van der Waals surface area contributed by atoms with Crippen molar-refractivity contribution in [1.29, 1.82) is 0 Å². The number of piperidine rings is 1. The molecule has 28 heavy (non-hydrogen) atoms. The molecule has 0 radical (unpaired) electrons. The van der Waals surface area contributed by atoms with Gasteiger partial charge in [-0.25, -0.2) is 0 Å². The Bertz CT molecular complexity index is 894. The Morgan fingerprint density at radius 1 is 0.821 bits per heavy atom. The van der Waals surface area contributed by atoms with E-state index in [2.05, 4.69) is 90.2 Å². The van der Waals surface area contributed by atoms with Gasteiger partial charge in [-0.15, -0.1) is 0 Å². The third kappa shape index (κ3) is 4.32. The van der Waals surface area contributed by atoms with Crippen molar-refractivity contribution in [2.24, 2.45) is 11.1 Å². The van der Waals surface area contributed by atoms with Crippen LogP contribution in [0.1, 0.15) is 42.1 Å². The fourth-order valence-corrected chi connectivity index (χ4v) is 3.84. The van der Waals surface area contributed by atoms with E-state index in [9.17, 15) is 0 Å². The minimum atomic E-state index is 0.208. The molecule has 3 unspecified atom stereocenters. The van der Waals surface area contributed by atoms with E-state index in [-0.39, 0.29) is 18.0 Å². The molecule has 3 aromatic carbocycles. The zero-order chi connectivity index (χ0) is 19.2. The Morgan fingerprint density at radius 3 is 2.04 bits per heavy atom. The molecule has 1 heterocycles. The van der Waals surface area contributed by atoms with Gasteiger partial charge in [0, 0.05) is 24.4 Å². The van der Waals surface area contributed by atoms with Crippen LogP contribution in [0.5, 0.6) is 0 Å². The predicted octanol–water partition coefficient (Wildman–Crippen LogP) is 5.67. The first kappa shape index (κ1) is 18.5. The molecule has 0 bridgehead atoms. The van der Waals surface area contributed by atoms with Crippen LogP contribution in [0.4, 0.5) is 0 Å². The van der Waals surface area contributed by atoms with Gasteiger partial charge in [0.1, 0.15) is 6.61 Å². The van der Waals surface area contributed by atoms with Crippen LogP contribution in [0, 0.1) is 5.92 Å². The lowest BCUT2D eigenvalue weighted by molar-refractivity contribution is 0.126. The lowest BCUT2D eigenvalue weighted by Crippen LogP contribution is -2.41. The molecule has 1 aliphatic heterocycles. The van der Waals surface area contributed by atoms with Gasteiger partial charge in [-0.05, 0) is 16.7 Å². The third-order valence-electron chi connectivity index (χ3n) is 5.44. The van der Waals surface area contributed by atoms with E-state index in [1.807, 2.05) is 18.2 Å². The second-order valence-electron chi connectivity index (χ2n) is 7.35. The van der Waals surface area contributed by atoms with Crippen LogP contribution in [0.3, 0.4) is 0 Å². The molecule has 3 aromatic rings. The van der Waals surface area contributed by atoms with Crippen molar-refractivity contribution in [2.75, 3.05) is 0 Å². The Balaban J connectivity index is 1.57. The number of nitrogens with one attached hydrogen (secondary N) is 1. The van der Waals surface area contributed by atoms with Crippen molar-refractivity contribution in [3.05, 3.63) is 108 Å². The van der Waals surface area contributed by atoms with Crippen LogP contribution in [-0.4, -0.2) is 5.71 Å². The second-order valence-corrected chi connectivity index (χ2v) is 7.35. The highest BCUT2D eigenvalue weighted by Crippen LogP contribution is 2.35. The van der Waals surface area contributed by atoms with E-state index in [1.165, 1.54) is 11.1 Å². The standard InChI is InChI=1S/C25H26N2O/c1-19-23(27-28-18-20-11-5-2-6-12-20)17-24(21-13-7-3-8-14-21)26-25(19)22-15-9-4-10-16-22/h2-16,19,24-26H,17-18H2,1H3/b27-23+. The molecule has 0 saturated carbocycles. The van der Waals surface area contributed by atoms with Crippen molar-refractivity contribution in [3.63, 3.8) is 0 Å². The van der Waals surface area contributed by atoms with Gasteiger partial charge in [0.15, 0.2) is 0 Å². The molecular weight excluding hydrogens is 344 g/mol. The summed E-state index contributed by atoms with van der Waals surface area (Å²) in [6.07, 6.45) is 0.850. The molecule has 0 aliphatic carbocycles. The van der Waals surface area contributed by atoms with Gasteiger partial charge in [-0.2, -0.15) is 0 Å². The van der Waals surface area contributed by atoms with E-state index in [4.69, 9.17) is 4.84 Å². The van der Waals surface area contributed by atoms with E-state index in [1.54, 1.807) is 0 Å². The summed E-state index contributed by atoms with van der Waals surface area (Å²) in [5, 5.41) is 8.43. The van der Waals surface area contributed by atoms with Crippen LogP contribution >= 0.6 is 0 Å². The fraction of sp³-hybridized carbons (Fsp3) is 0.240. The van der Waals surface area contributed by atoms with Gasteiger partial charge >= 0.3 is 0 Å². The second kappa shape index (κ2) is 8.85. The summed E-state index contributed by atoms with van der Waals surface area (Å²) >= 11 is 0. The number of rotatable bonds is 5. The van der Waals surface area contributed by atoms with E-state index >= 15 is 0 Å². The van der Waals surface area contributed by atoms with Gasteiger partial charge in [0.2, 0.25) is 0 Å². The quantitative estimate of drug-likeness (QED) is 0.587. The van der Waals surface area contributed by atoms with Gasteiger partial charge in [-0.1, -0.05) is 103 Å². The molecule has 142 valence electrons. The van der Waals surface area contributed by atoms with Crippen molar-refractivity contribution >= 4 is 5.71 Å². The molecule has 0 spiro atoms. The molecule has 1 fully saturated rings. The van der Waals surface area contributed by atoms with E-state index in [0.717, 1.165) is 17.7 Å². The maximum absolute atomic E-state index is 5.76. The van der Waals surface area contributed by atoms with Crippen LogP contribution in [-0.2, 0) is 11.4 Å². The number of oxime groups is 1. The number of hydrogen-bond acceptors (Lipinski definition) is 3. The summed E-state index contributed by atoms with van der Waals surface area (Å²) in [5.41, 5.74) is 4.81. The van der Waals surface area contributed by atoms with Gasteiger partial charge in [0.25, 0.3) is 0 Å². The van der Waals surface area contributed by atoms with Gasteiger partial charge in [-0.3, -0.25) is 0 Å². The third-order valence-corrected chi connectivity index (χ3v) is 5.44. The maximum atomic E-state index is 5.76. The number of benzene rings is 3.